The minimum Gasteiger partial charge on any atom is -0.463 e. The maximum Gasteiger partial charge on any atom is 0.316 e. The van der Waals surface area contributed by atoms with Crippen LogP contribution >= 0.6 is 15.9 Å². The Hall–Kier alpha value is -1.29. The Morgan fingerprint density at radius 2 is 1.64 bits per heavy atom. The Balaban J connectivity index is 3.03. The van der Waals surface area contributed by atoms with Gasteiger partial charge in [0.1, 0.15) is 6.61 Å². The van der Waals surface area contributed by atoms with Crippen LogP contribution in [-0.4, -0.2) is 53.8 Å². The Labute approximate surface area is 133 Å². The molecule has 0 N–H and O–H groups in total. The second kappa shape index (κ2) is 7.32. The molecule has 1 heterocycles. The van der Waals surface area contributed by atoms with E-state index in [1.165, 1.54) is 0 Å². The van der Waals surface area contributed by atoms with Crippen LogP contribution in [0.25, 0.3) is 0 Å². The number of ether oxygens (including phenoxy) is 4. The monoisotopic (exact) mass is 388 g/mol. The van der Waals surface area contributed by atoms with E-state index in [0.717, 1.165) is 20.8 Å². The summed E-state index contributed by atoms with van der Waals surface area (Å²) in [6.45, 7) is 2.28. The number of carbonyl (C=O) groups is 3. The van der Waals surface area contributed by atoms with Crippen LogP contribution in [0.4, 0.5) is 8.78 Å². The van der Waals surface area contributed by atoms with Crippen molar-refractivity contribution in [2.24, 2.45) is 0 Å². The molecule has 4 atom stereocenters. The fourth-order valence-corrected chi connectivity index (χ4v) is 2.49. The summed E-state index contributed by atoms with van der Waals surface area (Å²) in [7, 11) is 0. The number of esters is 3. The molecule has 0 aliphatic carbocycles. The van der Waals surface area contributed by atoms with Crippen molar-refractivity contribution in [3.63, 3.8) is 0 Å². The third kappa shape index (κ3) is 4.60. The maximum atomic E-state index is 14.4. The first-order valence-corrected chi connectivity index (χ1v) is 7.12. The molecule has 0 saturated carbocycles. The van der Waals surface area contributed by atoms with E-state index in [9.17, 15) is 23.2 Å². The van der Waals surface area contributed by atoms with Crippen molar-refractivity contribution in [3.05, 3.63) is 0 Å². The third-order valence-electron chi connectivity index (χ3n) is 2.69. The molecule has 1 aliphatic rings. The zero-order valence-electron chi connectivity index (χ0n) is 12.0. The van der Waals surface area contributed by atoms with Crippen LogP contribution < -0.4 is 0 Å². The van der Waals surface area contributed by atoms with Crippen LogP contribution in [0.3, 0.4) is 0 Å². The zero-order valence-corrected chi connectivity index (χ0v) is 13.6. The van der Waals surface area contributed by atoms with E-state index in [0.29, 0.717) is 0 Å². The van der Waals surface area contributed by atoms with Gasteiger partial charge in [-0.25, -0.2) is 0 Å². The predicted octanol–water partition coefficient (Wildman–Crippen LogP) is 1.17. The second-order valence-corrected chi connectivity index (χ2v) is 5.46. The van der Waals surface area contributed by atoms with Crippen molar-refractivity contribution in [3.8, 4) is 0 Å². The molecule has 0 spiro atoms. The lowest BCUT2D eigenvalue weighted by molar-refractivity contribution is -0.285. The van der Waals surface area contributed by atoms with Gasteiger partial charge >= 0.3 is 23.8 Å². The Bertz CT molecular complexity index is 457. The van der Waals surface area contributed by atoms with Gasteiger partial charge in [0.05, 0.1) is 0 Å². The first-order chi connectivity index (χ1) is 10.1. The first-order valence-electron chi connectivity index (χ1n) is 6.20. The van der Waals surface area contributed by atoms with Gasteiger partial charge in [0.2, 0.25) is 6.10 Å². The lowest BCUT2D eigenvalue weighted by Crippen LogP contribution is -2.63. The van der Waals surface area contributed by atoms with Gasteiger partial charge in [0.15, 0.2) is 17.2 Å². The molecule has 1 rings (SSSR count). The molecule has 126 valence electrons. The molecule has 0 aromatic carbocycles. The molecule has 1 fully saturated rings. The lowest BCUT2D eigenvalue weighted by Gasteiger charge is -2.43. The van der Waals surface area contributed by atoms with Crippen molar-refractivity contribution in [1.29, 1.82) is 0 Å². The van der Waals surface area contributed by atoms with E-state index in [2.05, 4.69) is 25.4 Å². The van der Waals surface area contributed by atoms with Gasteiger partial charge in [-0.15, -0.1) is 0 Å². The highest BCUT2D eigenvalue weighted by Gasteiger charge is 2.61. The number of carbonyl (C=O) groups excluding carboxylic acids is 3. The Morgan fingerprint density at radius 3 is 2.09 bits per heavy atom. The van der Waals surface area contributed by atoms with E-state index in [-0.39, 0.29) is 0 Å². The highest BCUT2D eigenvalue weighted by Crippen LogP contribution is 2.40. The van der Waals surface area contributed by atoms with Crippen molar-refractivity contribution >= 4 is 33.8 Å². The number of hydrogen-bond donors (Lipinski definition) is 0. The SMILES string of the molecule is CC(=O)OC[C@H]1O[C@H](Br)[C@H](OC(C)=O)C(OC(C)=O)C1(F)F. The smallest absolute Gasteiger partial charge is 0.316 e. The summed E-state index contributed by atoms with van der Waals surface area (Å²) in [6, 6.07) is 0. The Kier molecular flexibility index (Phi) is 6.24. The number of halogens is 3. The summed E-state index contributed by atoms with van der Waals surface area (Å²) < 4.78 is 47.7. The summed E-state index contributed by atoms with van der Waals surface area (Å²) in [5.74, 6) is -6.32. The van der Waals surface area contributed by atoms with Gasteiger partial charge in [0, 0.05) is 20.8 Å². The molecule has 1 saturated heterocycles. The van der Waals surface area contributed by atoms with Crippen molar-refractivity contribution in [2.45, 2.75) is 50.0 Å². The van der Waals surface area contributed by atoms with Crippen molar-refractivity contribution in [1.82, 2.24) is 0 Å². The highest BCUT2D eigenvalue weighted by atomic mass is 79.9. The van der Waals surface area contributed by atoms with Crippen LogP contribution in [0.5, 0.6) is 0 Å². The molecule has 10 heteroatoms. The van der Waals surface area contributed by atoms with Crippen LogP contribution in [0, 0.1) is 0 Å². The van der Waals surface area contributed by atoms with Gasteiger partial charge in [-0.05, 0) is 0 Å². The molecule has 1 unspecified atom stereocenters. The standard InChI is InChI=1S/C12H15BrF2O7/c1-5(16)19-4-8-12(14,15)10(21-7(3)18)9(11(13)22-8)20-6(2)17/h8-11H,4H2,1-3H3/t8-,9-,10?,11+/m1/s1. The topological polar surface area (TPSA) is 88.1 Å². The van der Waals surface area contributed by atoms with Crippen molar-refractivity contribution < 1.29 is 42.1 Å². The summed E-state index contributed by atoms with van der Waals surface area (Å²) in [6.07, 6.45) is -5.49. The fourth-order valence-electron chi connectivity index (χ4n) is 1.84. The fraction of sp³-hybridized carbons (Fsp3) is 0.750. The van der Waals surface area contributed by atoms with Gasteiger partial charge in [-0.2, -0.15) is 8.78 Å². The molecule has 22 heavy (non-hydrogen) atoms. The van der Waals surface area contributed by atoms with E-state index in [1.54, 1.807) is 0 Å². The van der Waals surface area contributed by atoms with Crippen molar-refractivity contribution in [2.75, 3.05) is 6.61 Å². The van der Waals surface area contributed by atoms with E-state index < -0.39 is 53.8 Å². The van der Waals surface area contributed by atoms with Gasteiger partial charge in [-0.3, -0.25) is 14.4 Å². The number of alkyl halides is 3. The predicted molar refractivity (Wildman–Crippen MR) is 70.3 cm³/mol. The second-order valence-electron chi connectivity index (χ2n) is 4.56. The largest absolute Gasteiger partial charge is 0.463 e. The lowest BCUT2D eigenvalue weighted by atomic mass is 9.98. The zero-order chi connectivity index (χ0) is 17.1. The minimum absolute atomic E-state index is 0.741. The minimum atomic E-state index is -3.73. The first kappa shape index (κ1) is 18.8. The number of rotatable bonds is 4. The Morgan fingerprint density at radius 1 is 1.09 bits per heavy atom. The summed E-state index contributed by atoms with van der Waals surface area (Å²) >= 11 is 2.95. The number of hydrogen-bond acceptors (Lipinski definition) is 7. The molecule has 0 bridgehead atoms. The van der Waals surface area contributed by atoms with E-state index in [1.807, 2.05) is 0 Å². The van der Waals surface area contributed by atoms with Gasteiger partial charge in [-0.1, -0.05) is 15.9 Å². The average molecular weight is 389 g/mol. The third-order valence-corrected chi connectivity index (χ3v) is 3.43. The molecule has 7 nitrogen and oxygen atoms in total. The highest BCUT2D eigenvalue weighted by molar-refractivity contribution is 9.09. The molecule has 0 aromatic heterocycles. The summed E-state index contributed by atoms with van der Waals surface area (Å²) in [5.41, 5.74) is 0. The van der Waals surface area contributed by atoms with Gasteiger partial charge in [0.25, 0.3) is 0 Å². The van der Waals surface area contributed by atoms with E-state index >= 15 is 0 Å². The van der Waals surface area contributed by atoms with Crippen LogP contribution in [0.15, 0.2) is 0 Å². The average Bonchev–Trinajstić information content (AvgIpc) is 2.35. The van der Waals surface area contributed by atoms with Crippen LogP contribution in [0.2, 0.25) is 0 Å². The normalized spacial score (nSPS) is 30.3. The van der Waals surface area contributed by atoms with Gasteiger partial charge < -0.3 is 18.9 Å². The summed E-state index contributed by atoms with van der Waals surface area (Å²) in [4.78, 5) is 32.9. The molecule has 1 aliphatic heterocycles. The molecule has 0 amide bonds. The molecule has 0 aromatic rings. The maximum absolute atomic E-state index is 14.4. The molecule has 0 radical (unpaired) electrons. The molecular weight excluding hydrogens is 374 g/mol. The van der Waals surface area contributed by atoms with E-state index in [4.69, 9.17) is 9.47 Å². The molecular formula is C12H15BrF2O7. The van der Waals surface area contributed by atoms with Crippen LogP contribution in [-0.2, 0) is 33.3 Å². The quantitative estimate of drug-likeness (QED) is 0.405. The summed E-state index contributed by atoms with van der Waals surface area (Å²) in [5, 5.41) is -1.17. The van der Waals surface area contributed by atoms with Crippen LogP contribution in [0.1, 0.15) is 20.8 Å².